The van der Waals surface area contributed by atoms with Crippen LogP contribution in [0.3, 0.4) is 0 Å². The average molecular weight is 198 g/mol. The summed E-state index contributed by atoms with van der Waals surface area (Å²) in [6.45, 7) is 7.53. The van der Waals surface area contributed by atoms with Crippen LogP contribution in [-0.4, -0.2) is 29.9 Å². The third-order valence-electron chi connectivity index (χ3n) is 2.78. The van der Waals surface area contributed by atoms with Crippen molar-refractivity contribution in [2.45, 2.75) is 46.1 Å². The van der Waals surface area contributed by atoms with Crippen LogP contribution in [0.4, 0.5) is 0 Å². The van der Waals surface area contributed by atoms with Crippen LogP contribution in [-0.2, 0) is 4.79 Å². The number of hydrogen-bond acceptors (Lipinski definition) is 2. The lowest BCUT2D eigenvalue weighted by molar-refractivity contribution is -0.140. The fourth-order valence-electron chi connectivity index (χ4n) is 2.03. The van der Waals surface area contributed by atoms with Gasteiger partial charge in [-0.2, -0.15) is 0 Å². The molecule has 1 amide bonds. The molecule has 0 spiro atoms. The maximum absolute atomic E-state index is 12.0. The molecular weight excluding hydrogens is 176 g/mol. The van der Waals surface area contributed by atoms with Crippen molar-refractivity contribution in [2.75, 3.05) is 13.1 Å². The van der Waals surface area contributed by atoms with Gasteiger partial charge in [-0.1, -0.05) is 20.8 Å². The number of hydrogen-bond donors (Lipinski definition) is 1. The molecule has 1 atom stereocenters. The van der Waals surface area contributed by atoms with Gasteiger partial charge in [0.15, 0.2) is 0 Å². The zero-order valence-corrected chi connectivity index (χ0v) is 9.55. The average Bonchev–Trinajstić information content (AvgIpc) is 2.50. The molecule has 3 heteroatoms. The zero-order valence-electron chi connectivity index (χ0n) is 9.55. The van der Waals surface area contributed by atoms with Crippen LogP contribution >= 0.6 is 0 Å². The third-order valence-corrected chi connectivity index (χ3v) is 2.78. The molecule has 1 aliphatic heterocycles. The van der Waals surface area contributed by atoms with Crippen molar-refractivity contribution in [1.29, 1.82) is 0 Å². The quantitative estimate of drug-likeness (QED) is 0.728. The largest absolute Gasteiger partial charge is 0.339 e. The molecule has 0 aromatic heterocycles. The summed E-state index contributed by atoms with van der Waals surface area (Å²) >= 11 is 0. The van der Waals surface area contributed by atoms with E-state index in [4.69, 9.17) is 5.73 Å². The molecule has 0 saturated carbocycles. The molecule has 14 heavy (non-hydrogen) atoms. The van der Waals surface area contributed by atoms with Crippen LogP contribution in [0.25, 0.3) is 0 Å². The fraction of sp³-hybridized carbons (Fsp3) is 0.909. The summed E-state index contributed by atoms with van der Waals surface area (Å²) in [7, 11) is 0. The van der Waals surface area contributed by atoms with Crippen LogP contribution in [0.15, 0.2) is 0 Å². The van der Waals surface area contributed by atoms with Gasteiger partial charge in [0.2, 0.25) is 5.91 Å². The molecule has 1 unspecified atom stereocenters. The van der Waals surface area contributed by atoms with E-state index in [-0.39, 0.29) is 11.3 Å². The second-order valence-electron chi connectivity index (χ2n) is 5.12. The highest BCUT2D eigenvalue weighted by Gasteiger charge is 2.34. The van der Waals surface area contributed by atoms with Gasteiger partial charge >= 0.3 is 0 Å². The predicted octanol–water partition coefficient (Wildman–Crippen LogP) is 1.37. The topological polar surface area (TPSA) is 46.3 Å². The summed E-state index contributed by atoms with van der Waals surface area (Å²) < 4.78 is 0. The number of nitrogens with zero attached hydrogens (tertiary/aromatic N) is 1. The minimum Gasteiger partial charge on any atom is -0.339 e. The number of likely N-dealkylation sites (tertiary alicyclic amines) is 1. The monoisotopic (exact) mass is 198 g/mol. The summed E-state index contributed by atoms with van der Waals surface area (Å²) in [4.78, 5) is 14.1. The van der Waals surface area contributed by atoms with Crippen molar-refractivity contribution in [3.8, 4) is 0 Å². The van der Waals surface area contributed by atoms with Gasteiger partial charge in [-0.3, -0.25) is 4.79 Å². The first-order chi connectivity index (χ1) is 6.46. The molecule has 2 N–H and O–H groups in total. The second kappa shape index (κ2) is 4.30. The lowest BCUT2D eigenvalue weighted by atomic mass is 9.94. The Labute approximate surface area is 86.6 Å². The van der Waals surface area contributed by atoms with Crippen LogP contribution < -0.4 is 5.73 Å². The Morgan fingerprint density at radius 3 is 2.64 bits per heavy atom. The second-order valence-corrected chi connectivity index (χ2v) is 5.12. The molecular formula is C11H22N2O. The third kappa shape index (κ3) is 2.47. The molecule has 1 rings (SSSR count). The summed E-state index contributed by atoms with van der Waals surface area (Å²) in [5.41, 5.74) is 5.29. The first kappa shape index (κ1) is 11.5. The predicted molar refractivity (Wildman–Crippen MR) is 57.9 cm³/mol. The Balaban J connectivity index is 2.62. The van der Waals surface area contributed by atoms with E-state index in [0.29, 0.717) is 12.6 Å². The first-order valence-corrected chi connectivity index (χ1v) is 5.48. The maximum Gasteiger partial charge on any atom is 0.228 e. The summed E-state index contributed by atoms with van der Waals surface area (Å²) in [6, 6.07) is 0.395. The molecule has 82 valence electrons. The van der Waals surface area contributed by atoms with E-state index >= 15 is 0 Å². The van der Waals surface area contributed by atoms with E-state index in [1.807, 2.05) is 25.7 Å². The van der Waals surface area contributed by atoms with E-state index < -0.39 is 0 Å². The molecule has 0 aromatic rings. The summed E-state index contributed by atoms with van der Waals surface area (Å²) in [5, 5.41) is 0. The highest BCUT2D eigenvalue weighted by Crippen LogP contribution is 2.26. The van der Waals surface area contributed by atoms with E-state index in [0.717, 1.165) is 25.8 Å². The zero-order chi connectivity index (χ0) is 10.8. The smallest absolute Gasteiger partial charge is 0.228 e. The van der Waals surface area contributed by atoms with E-state index in [2.05, 4.69) is 0 Å². The fourth-order valence-corrected chi connectivity index (χ4v) is 2.03. The Bertz CT molecular complexity index is 208. The maximum atomic E-state index is 12.0. The van der Waals surface area contributed by atoms with Gasteiger partial charge in [-0.05, 0) is 25.8 Å². The standard InChI is InChI=1S/C11H22N2O/c1-11(2,3)10(14)13-8-4-5-9(13)6-7-12/h9H,4-8,12H2,1-3H3. The minimum atomic E-state index is -0.253. The highest BCUT2D eigenvalue weighted by atomic mass is 16.2. The van der Waals surface area contributed by atoms with Gasteiger partial charge in [-0.25, -0.2) is 0 Å². The van der Waals surface area contributed by atoms with Gasteiger partial charge in [0.1, 0.15) is 0 Å². The van der Waals surface area contributed by atoms with Crippen LogP contribution in [0.2, 0.25) is 0 Å². The molecule has 3 nitrogen and oxygen atoms in total. The van der Waals surface area contributed by atoms with E-state index in [9.17, 15) is 4.79 Å². The van der Waals surface area contributed by atoms with Crippen LogP contribution in [0, 0.1) is 5.41 Å². The number of carbonyl (C=O) groups is 1. The van der Waals surface area contributed by atoms with Crippen molar-refractivity contribution in [3.05, 3.63) is 0 Å². The van der Waals surface area contributed by atoms with Crippen LogP contribution in [0.5, 0.6) is 0 Å². The lowest BCUT2D eigenvalue weighted by Crippen LogP contribution is -2.43. The summed E-state index contributed by atoms with van der Waals surface area (Å²) in [6.07, 6.45) is 3.20. The Morgan fingerprint density at radius 2 is 2.14 bits per heavy atom. The lowest BCUT2D eigenvalue weighted by Gasteiger charge is -2.30. The normalized spacial score (nSPS) is 22.9. The Morgan fingerprint density at radius 1 is 1.50 bits per heavy atom. The van der Waals surface area contributed by atoms with Crippen molar-refractivity contribution in [2.24, 2.45) is 11.1 Å². The molecule has 1 saturated heterocycles. The van der Waals surface area contributed by atoms with E-state index in [1.54, 1.807) is 0 Å². The summed E-state index contributed by atoms with van der Waals surface area (Å²) in [5.74, 6) is 0.272. The molecule has 0 aromatic carbocycles. The Kier molecular flexibility index (Phi) is 3.53. The first-order valence-electron chi connectivity index (χ1n) is 5.48. The minimum absolute atomic E-state index is 0.253. The Hall–Kier alpha value is -0.570. The highest BCUT2D eigenvalue weighted by molar-refractivity contribution is 5.82. The van der Waals surface area contributed by atoms with Crippen LogP contribution in [0.1, 0.15) is 40.0 Å². The SMILES string of the molecule is CC(C)(C)C(=O)N1CCCC1CCN. The van der Waals surface area contributed by atoms with Crippen molar-refractivity contribution < 1.29 is 4.79 Å². The molecule has 0 aliphatic carbocycles. The molecule has 1 aliphatic rings. The molecule has 0 bridgehead atoms. The molecule has 0 radical (unpaired) electrons. The van der Waals surface area contributed by atoms with Gasteiger partial charge in [0, 0.05) is 18.0 Å². The van der Waals surface area contributed by atoms with Crippen molar-refractivity contribution >= 4 is 5.91 Å². The number of rotatable bonds is 2. The molecule has 1 fully saturated rings. The van der Waals surface area contributed by atoms with Gasteiger partial charge in [0.25, 0.3) is 0 Å². The van der Waals surface area contributed by atoms with Gasteiger partial charge in [0.05, 0.1) is 0 Å². The van der Waals surface area contributed by atoms with Gasteiger partial charge < -0.3 is 10.6 Å². The molecule has 1 heterocycles. The number of amides is 1. The number of carbonyl (C=O) groups excluding carboxylic acids is 1. The number of nitrogens with two attached hydrogens (primary N) is 1. The van der Waals surface area contributed by atoms with Crippen molar-refractivity contribution in [3.63, 3.8) is 0 Å². The van der Waals surface area contributed by atoms with E-state index in [1.165, 1.54) is 0 Å². The van der Waals surface area contributed by atoms with Crippen molar-refractivity contribution in [1.82, 2.24) is 4.90 Å². The van der Waals surface area contributed by atoms with Gasteiger partial charge in [-0.15, -0.1) is 0 Å².